The molecule has 1 aromatic carbocycles. The summed E-state index contributed by atoms with van der Waals surface area (Å²) in [5, 5.41) is 4.81. The lowest BCUT2D eigenvalue weighted by Gasteiger charge is -2.34. The molecule has 4 nitrogen and oxygen atoms in total. The number of hydrogen-bond donors (Lipinski definition) is 2. The molecule has 2 fully saturated rings. The number of nitrogens with zero attached hydrogens (tertiary/aromatic N) is 1. The van der Waals surface area contributed by atoms with Crippen molar-refractivity contribution in [2.24, 2.45) is 0 Å². The quantitative estimate of drug-likeness (QED) is 0.901. The summed E-state index contributed by atoms with van der Waals surface area (Å²) in [6.45, 7) is 6.00. The Bertz CT molecular complexity index is 744. The highest BCUT2D eigenvalue weighted by Gasteiger charge is 2.28. The summed E-state index contributed by atoms with van der Waals surface area (Å²) in [6, 6.07) is 9.34. The van der Waals surface area contributed by atoms with Gasteiger partial charge in [-0.2, -0.15) is 0 Å². The van der Waals surface area contributed by atoms with Crippen molar-refractivity contribution in [1.82, 2.24) is 15.2 Å². The lowest BCUT2D eigenvalue weighted by atomic mass is 10.0. The van der Waals surface area contributed by atoms with E-state index >= 15 is 0 Å². The van der Waals surface area contributed by atoms with Crippen molar-refractivity contribution in [2.45, 2.75) is 57.5 Å². The first kappa shape index (κ1) is 15.7. The maximum atomic E-state index is 13.0. The van der Waals surface area contributed by atoms with Gasteiger partial charge in [0, 0.05) is 36.1 Å². The maximum Gasteiger partial charge on any atom is 0.270 e. The molecule has 1 aliphatic carbocycles. The molecule has 4 heteroatoms. The third-order valence-corrected chi connectivity index (χ3v) is 5.22. The third kappa shape index (κ3) is 3.07. The van der Waals surface area contributed by atoms with Crippen LogP contribution in [0.25, 0.3) is 10.9 Å². The second-order valence-electron chi connectivity index (χ2n) is 7.68. The summed E-state index contributed by atoms with van der Waals surface area (Å²) < 4.78 is 0. The van der Waals surface area contributed by atoms with E-state index in [0.717, 1.165) is 37.1 Å². The molecule has 2 heterocycles. The Hall–Kier alpha value is -1.81. The summed E-state index contributed by atoms with van der Waals surface area (Å²) >= 11 is 0. The fourth-order valence-electron chi connectivity index (χ4n) is 3.98. The molecular weight excluding hydrogens is 298 g/mol. The van der Waals surface area contributed by atoms with Gasteiger partial charge < -0.3 is 15.2 Å². The van der Waals surface area contributed by atoms with Crippen molar-refractivity contribution >= 4 is 16.8 Å². The zero-order valence-electron chi connectivity index (χ0n) is 14.6. The summed E-state index contributed by atoms with van der Waals surface area (Å²) in [5.41, 5.74) is 3.24. The molecule has 2 aromatic rings. The number of hydrogen-bond acceptors (Lipinski definition) is 2. The Morgan fingerprint density at radius 2 is 2.12 bits per heavy atom. The molecular formula is C20H27N3O. The standard InChI is InChI=1S/C20H27N3O/c1-13(2)21-15-5-4-10-23(12-15)20(24)19-11-17-16(14-8-9-14)6-3-7-18(17)22-19/h3,6-7,11,13-15,21-22H,4-5,8-10,12H2,1-2H3. The number of benzene rings is 1. The van der Waals surface area contributed by atoms with Crippen molar-refractivity contribution in [2.75, 3.05) is 13.1 Å². The third-order valence-electron chi connectivity index (χ3n) is 5.22. The highest BCUT2D eigenvalue weighted by Crippen LogP contribution is 2.43. The van der Waals surface area contributed by atoms with Crippen LogP contribution in [-0.4, -0.2) is 41.0 Å². The van der Waals surface area contributed by atoms with E-state index in [2.05, 4.69) is 48.4 Å². The van der Waals surface area contributed by atoms with Gasteiger partial charge in [0.05, 0.1) is 0 Å². The van der Waals surface area contributed by atoms with Gasteiger partial charge in [-0.05, 0) is 49.3 Å². The number of likely N-dealkylation sites (tertiary alicyclic amines) is 1. The van der Waals surface area contributed by atoms with Crippen molar-refractivity contribution in [3.8, 4) is 0 Å². The van der Waals surface area contributed by atoms with Crippen molar-refractivity contribution in [1.29, 1.82) is 0 Å². The van der Waals surface area contributed by atoms with E-state index in [1.165, 1.54) is 23.8 Å². The fourth-order valence-corrected chi connectivity index (χ4v) is 3.98. The minimum absolute atomic E-state index is 0.142. The average Bonchev–Trinajstić information content (AvgIpc) is 3.31. The van der Waals surface area contributed by atoms with Crippen LogP contribution in [0.3, 0.4) is 0 Å². The lowest BCUT2D eigenvalue weighted by Crippen LogP contribution is -2.49. The monoisotopic (exact) mass is 325 g/mol. The highest BCUT2D eigenvalue weighted by molar-refractivity contribution is 5.99. The number of H-pyrrole nitrogens is 1. The number of amides is 1. The van der Waals surface area contributed by atoms with E-state index in [4.69, 9.17) is 0 Å². The Morgan fingerprint density at radius 3 is 2.88 bits per heavy atom. The molecule has 24 heavy (non-hydrogen) atoms. The van der Waals surface area contributed by atoms with E-state index in [-0.39, 0.29) is 5.91 Å². The molecule has 1 saturated carbocycles. The Balaban J connectivity index is 1.55. The predicted octanol–water partition coefficient (Wildman–Crippen LogP) is 3.65. The van der Waals surface area contributed by atoms with Gasteiger partial charge in [-0.3, -0.25) is 4.79 Å². The van der Waals surface area contributed by atoms with Crippen molar-refractivity contribution < 1.29 is 4.79 Å². The molecule has 0 radical (unpaired) electrons. The summed E-state index contributed by atoms with van der Waals surface area (Å²) in [7, 11) is 0. The summed E-state index contributed by atoms with van der Waals surface area (Å²) in [5.74, 6) is 0.838. The second-order valence-corrected chi connectivity index (χ2v) is 7.68. The van der Waals surface area contributed by atoms with E-state index in [1.54, 1.807) is 0 Å². The van der Waals surface area contributed by atoms with Crippen LogP contribution < -0.4 is 5.32 Å². The lowest BCUT2D eigenvalue weighted by molar-refractivity contribution is 0.0686. The van der Waals surface area contributed by atoms with Crippen LogP contribution in [0.4, 0.5) is 0 Å². The number of nitrogens with one attached hydrogen (secondary N) is 2. The van der Waals surface area contributed by atoms with Gasteiger partial charge >= 0.3 is 0 Å². The molecule has 1 aliphatic heterocycles. The topological polar surface area (TPSA) is 48.1 Å². The largest absolute Gasteiger partial charge is 0.351 e. The van der Waals surface area contributed by atoms with Gasteiger partial charge in [0.1, 0.15) is 5.69 Å². The molecule has 128 valence electrons. The first-order chi connectivity index (χ1) is 11.6. The minimum atomic E-state index is 0.142. The number of carbonyl (C=O) groups is 1. The van der Waals surface area contributed by atoms with Crippen LogP contribution >= 0.6 is 0 Å². The van der Waals surface area contributed by atoms with Gasteiger partial charge in [-0.1, -0.05) is 26.0 Å². The van der Waals surface area contributed by atoms with Gasteiger partial charge in [-0.15, -0.1) is 0 Å². The van der Waals surface area contributed by atoms with Gasteiger partial charge in [0.25, 0.3) is 5.91 Å². The molecule has 4 rings (SSSR count). The number of carbonyl (C=O) groups excluding carboxylic acids is 1. The van der Waals surface area contributed by atoms with Crippen molar-refractivity contribution in [3.63, 3.8) is 0 Å². The summed E-state index contributed by atoms with van der Waals surface area (Å²) in [6.07, 6.45) is 4.79. The highest BCUT2D eigenvalue weighted by atomic mass is 16.2. The zero-order valence-corrected chi connectivity index (χ0v) is 14.6. The number of piperidine rings is 1. The molecule has 1 saturated heterocycles. The number of aromatic amines is 1. The van der Waals surface area contributed by atoms with E-state index in [1.807, 2.05) is 4.90 Å². The summed E-state index contributed by atoms with van der Waals surface area (Å²) in [4.78, 5) is 18.3. The smallest absolute Gasteiger partial charge is 0.270 e. The molecule has 1 unspecified atom stereocenters. The Labute approximate surface area is 143 Å². The number of aromatic nitrogens is 1. The Morgan fingerprint density at radius 1 is 1.29 bits per heavy atom. The van der Waals surface area contributed by atoms with Gasteiger partial charge in [-0.25, -0.2) is 0 Å². The molecule has 0 bridgehead atoms. The van der Waals surface area contributed by atoms with Crippen LogP contribution in [0.1, 0.15) is 61.5 Å². The maximum absolute atomic E-state index is 13.0. The van der Waals surface area contributed by atoms with Crippen molar-refractivity contribution in [3.05, 3.63) is 35.5 Å². The predicted molar refractivity (Wildman–Crippen MR) is 97.5 cm³/mol. The molecule has 1 aromatic heterocycles. The Kier molecular flexibility index (Phi) is 4.09. The van der Waals surface area contributed by atoms with Crippen LogP contribution in [-0.2, 0) is 0 Å². The van der Waals surface area contributed by atoms with Gasteiger partial charge in [0.15, 0.2) is 0 Å². The molecule has 2 N–H and O–H groups in total. The molecule has 1 amide bonds. The van der Waals surface area contributed by atoms with Crippen LogP contribution in [0.2, 0.25) is 0 Å². The van der Waals surface area contributed by atoms with Crippen LogP contribution in [0.15, 0.2) is 24.3 Å². The molecule has 1 atom stereocenters. The van der Waals surface area contributed by atoms with E-state index in [9.17, 15) is 4.79 Å². The van der Waals surface area contributed by atoms with Gasteiger partial charge in [0.2, 0.25) is 0 Å². The van der Waals surface area contributed by atoms with E-state index in [0.29, 0.717) is 18.0 Å². The van der Waals surface area contributed by atoms with E-state index < -0.39 is 0 Å². The first-order valence-corrected chi connectivity index (χ1v) is 9.29. The average molecular weight is 325 g/mol. The van der Waals surface area contributed by atoms with Crippen LogP contribution in [0.5, 0.6) is 0 Å². The second kappa shape index (κ2) is 6.25. The zero-order chi connectivity index (χ0) is 16.7. The minimum Gasteiger partial charge on any atom is -0.351 e. The van der Waals surface area contributed by atoms with Crippen LogP contribution in [0, 0.1) is 0 Å². The SMILES string of the molecule is CC(C)NC1CCCN(C(=O)c2cc3c(C4CC4)cccc3[nH]2)C1. The molecule has 2 aliphatic rings. The molecule has 0 spiro atoms. The normalized spacial score (nSPS) is 21.6. The number of rotatable bonds is 4. The first-order valence-electron chi connectivity index (χ1n) is 9.29. The fraction of sp³-hybridized carbons (Fsp3) is 0.550. The number of fused-ring (bicyclic) bond motifs is 1.